The van der Waals surface area contributed by atoms with E-state index in [1.165, 1.54) is 43.2 Å². The Labute approximate surface area is 116 Å². The third-order valence-electron chi connectivity index (χ3n) is 4.28. The largest absolute Gasteiger partial charge is 0.379 e. The highest BCUT2D eigenvalue weighted by Crippen LogP contribution is 2.33. The average molecular weight is 262 g/mol. The number of aryl methyl sites for hydroxylation is 1. The van der Waals surface area contributed by atoms with E-state index in [2.05, 4.69) is 23.3 Å². The maximum absolute atomic E-state index is 5.85. The maximum Gasteiger partial charge on any atom is 0.0794 e. The zero-order chi connectivity index (χ0) is 13.7. The van der Waals surface area contributed by atoms with Crippen molar-refractivity contribution in [3.63, 3.8) is 0 Å². The Kier molecular flexibility index (Phi) is 5.34. The Morgan fingerprint density at radius 3 is 2.58 bits per heavy atom. The number of hydrogen-bond acceptors (Lipinski definition) is 3. The van der Waals surface area contributed by atoms with Gasteiger partial charge in [0.05, 0.1) is 12.1 Å². The van der Waals surface area contributed by atoms with E-state index in [4.69, 9.17) is 4.74 Å². The molecular formula is C16H26N2O. The third kappa shape index (κ3) is 3.54. The minimum absolute atomic E-state index is 0.237. The summed E-state index contributed by atoms with van der Waals surface area (Å²) in [5.41, 5.74) is 2.44. The molecule has 1 aliphatic carbocycles. The summed E-state index contributed by atoms with van der Waals surface area (Å²) in [5.74, 6) is 0.664. The highest BCUT2D eigenvalue weighted by molar-refractivity contribution is 5.21. The number of rotatable bonds is 5. The van der Waals surface area contributed by atoms with Gasteiger partial charge in [0, 0.05) is 19.5 Å². The molecule has 1 aromatic heterocycles. The van der Waals surface area contributed by atoms with Crippen molar-refractivity contribution < 1.29 is 4.74 Å². The van der Waals surface area contributed by atoms with E-state index in [9.17, 15) is 0 Å². The van der Waals surface area contributed by atoms with Crippen molar-refractivity contribution in [3.8, 4) is 0 Å². The summed E-state index contributed by atoms with van der Waals surface area (Å²) >= 11 is 0. The molecule has 0 aliphatic heterocycles. The van der Waals surface area contributed by atoms with Crippen LogP contribution in [0.25, 0.3) is 0 Å². The standard InChI is InChI=1S/C16H26N2O/c1-12-9-14(11-18-10-12)15(17-2)16(19-3)13-7-5-4-6-8-13/h9-11,13,15-17H,4-8H2,1-3H3. The molecule has 1 aliphatic rings. The molecule has 1 saturated carbocycles. The number of pyridine rings is 1. The molecule has 2 unspecified atom stereocenters. The second-order valence-corrected chi connectivity index (χ2v) is 5.66. The smallest absolute Gasteiger partial charge is 0.0794 e. The molecule has 0 amide bonds. The molecule has 2 rings (SSSR count). The molecule has 1 fully saturated rings. The zero-order valence-electron chi connectivity index (χ0n) is 12.4. The molecule has 3 nitrogen and oxygen atoms in total. The lowest BCUT2D eigenvalue weighted by Crippen LogP contribution is -2.37. The van der Waals surface area contributed by atoms with Crippen LogP contribution in [-0.4, -0.2) is 25.2 Å². The van der Waals surface area contributed by atoms with Gasteiger partial charge in [-0.1, -0.05) is 25.3 Å². The summed E-state index contributed by atoms with van der Waals surface area (Å²) in [6.45, 7) is 2.09. The van der Waals surface area contributed by atoms with Gasteiger partial charge in [-0.05, 0) is 43.9 Å². The lowest BCUT2D eigenvalue weighted by atomic mass is 9.81. The fourth-order valence-corrected chi connectivity index (χ4v) is 3.33. The minimum atomic E-state index is 0.237. The van der Waals surface area contributed by atoms with Crippen molar-refractivity contribution in [2.24, 2.45) is 5.92 Å². The monoisotopic (exact) mass is 262 g/mol. The van der Waals surface area contributed by atoms with Crippen LogP contribution in [0.4, 0.5) is 0 Å². The van der Waals surface area contributed by atoms with Gasteiger partial charge < -0.3 is 10.1 Å². The average Bonchev–Trinajstić information content (AvgIpc) is 2.45. The summed E-state index contributed by atoms with van der Waals surface area (Å²) in [6.07, 6.45) is 10.7. The van der Waals surface area contributed by atoms with Gasteiger partial charge in [0.25, 0.3) is 0 Å². The first kappa shape index (κ1) is 14.5. The minimum Gasteiger partial charge on any atom is -0.379 e. The van der Waals surface area contributed by atoms with Crippen LogP contribution < -0.4 is 5.32 Å². The van der Waals surface area contributed by atoms with Crippen LogP contribution >= 0.6 is 0 Å². The van der Waals surface area contributed by atoms with Crippen LogP contribution in [0.2, 0.25) is 0 Å². The number of likely N-dealkylation sites (N-methyl/N-ethyl adjacent to an activating group) is 1. The first-order valence-electron chi connectivity index (χ1n) is 7.38. The van der Waals surface area contributed by atoms with E-state index in [-0.39, 0.29) is 12.1 Å². The SMILES string of the molecule is CNC(c1cncc(C)c1)C(OC)C1CCCCC1. The molecule has 1 heterocycles. The maximum atomic E-state index is 5.85. The Balaban J connectivity index is 2.17. The summed E-state index contributed by atoms with van der Waals surface area (Å²) in [6, 6.07) is 2.45. The lowest BCUT2D eigenvalue weighted by molar-refractivity contribution is 0.00932. The van der Waals surface area contributed by atoms with Gasteiger partial charge in [0.15, 0.2) is 0 Å². The fourth-order valence-electron chi connectivity index (χ4n) is 3.33. The van der Waals surface area contributed by atoms with E-state index < -0.39 is 0 Å². The molecule has 1 N–H and O–H groups in total. The lowest BCUT2D eigenvalue weighted by Gasteiger charge is -2.35. The van der Waals surface area contributed by atoms with Gasteiger partial charge in [-0.25, -0.2) is 0 Å². The van der Waals surface area contributed by atoms with Crippen molar-refractivity contribution in [3.05, 3.63) is 29.6 Å². The molecular weight excluding hydrogens is 236 g/mol. The molecule has 3 heteroatoms. The molecule has 0 saturated heterocycles. The number of aromatic nitrogens is 1. The number of ether oxygens (including phenoxy) is 1. The van der Waals surface area contributed by atoms with Crippen molar-refractivity contribution in [1.82, 2.24) is 10.3 Å². The molecule has 0 aromatic carbocycles. The summed E-state index contributed by atoms with van der Waals surface area (Å²) in [4.78, 5) is 4.32. The number of hydrogen-bond donors (Lipinski definition) is 1. The quantitative estimate of drug-likeness (QED) is 0.884. The van der Waals surface area contributed by atoms with Crippen LogP contribution in [0.15, 0.2) is 18.5 Å². The molecule has 0 spiro atoms. The summed E-state index contributed by atoms with van der Waals surface area (Å²) in [7, 11) is 3.86. The highest BCUT2D eigenvalue weighted by atomic mass is 16.5. The van der Waals surface area contributed by atoms with Crippen molar-refractivity contribution in [2.45, 2.75) is 51.2 Å². The number of nitrogens with one attached hydrogen (secondary N) is 1. The van der Waals surface area contributed by atoms with E-state index >= 15 is 0 Å². The molecule has 0 bridgehead atoms. The predicted molar refractivity (Wildman–Crippen MR) is 78.1 cm³/mol. The van der Waals surface area contributed by atoms with Crippen molar-refractivity contribution in [2.75, 3.05) is 14.2 Å². The molecule has 19 heavy (non-hydrogen) atoms. The van der Waals surface area contributed by atoms with Gasteiger partial charge in [0.2, 0.25) is 0 Å². The zero-order valence-corrected chi connectivity index (χ0v) is 12.4. The Morgan fingerprint density at radius 2 is 2.00 bits per heavy atom. The van der Waals surface area contributed by atoms with Gasteiger partial charge in [0.1, 0.15) is 0 Å². The topological polar surface area (TPSA) is 34.2 Å². The van der Waals surface area contributed by atoms with Crippen LogP contribution in [-0.2, 0) is 4.74 Å². The van der Waals surface area contributed by atoms with E-state index in [1.54, 1.807) is 0 Å². The van der Waals surface area contributed by atoms with Crippen molar-refractivity contribution >= 4 is 0 Å². The number of methoxy groups -OCH3 is 1. The van der Waals surface area contributed by atoms with Gasteiger partial charge >= 0.3 is 0 Å². The highest BCUT2D eigenvalue weighted by Gasteiger charge is 2.30. The second kappa shape index (κ2) is 7.01. The third-order valence-corrected chi connectivity index (χ3v) is 4.28. The van der Waals surface area contributed by atoms with E-state index in [1.807, 2.05) is 26.6 Å². The van der Waals surface area contributed by atoms with Gasteiger partial charge in [-0.2, -0.15) is 0 Å². The molecule has 2 atom stereocenters. The van der Waals surface area contributed by atoms with E-state index in [0.717, 1.165) is 0 Å². The Bertz CT molecular complexity index is 388. The molecule has 1 aromatic rings. The second-order valence-electron chi connectivity index (χ2n) is 5.66. The van der Waals surface area contributed by atoms with Gasteiger partial charge in [-0.15, -0.1) is 0 Å². The summed E-state index contributed by atoms with van der Waals surface area (Å²) in [5, 5.41) is 3.43. The normalized spacial score (nSPS) is 20.2. The van der Waals surface area contributed by atoms with E-state index in [0.29, 0.717) is 5.92 Å². The molecule has 0 radical (unpaired) electrons. The van der Waals surface area contributed by atoms with Crippen molar-refractivity contribution in [1.29, 1.82) is 0 Å². The first-order chi connectivity index (χ1) is 9.26. The van der Waals surface area contributed by atoms with Crippen LogP contribution in [0, 0.1) is 12.8 Å². The predicted octanol–water partition coefficient (Wildman–Crippen LogP) is 3.25. The molecule has 106 valence electrons. The van der Waals surface area contributed by atoms with Crippen LogP contribution in [0.5, 0.6) is 0 Å². The van der Waals surface area contributed by atoms with Gasteiger partial charge in [-0.3, -0.25) is 4.98 Å². The summed E-state index contributed by atoms with van der Waals surface area (Å²) < 4.78 is 5.85. The van der Waals surface area contributed by atoms with Crippen LogP contribution in [0.1, 0.15) is 49.3 Å². The Morgan fingerprint density at radius 1 is 1.26 bits per heavy atom. The first-order valence-corrected chi connectivity index (χ1v) is 7.38. The Hall–Kier alpha value is -0.930. The fraction of sp³-hybridized carbons (Fsp3) is 0.688. The van der Waals surface area contributed by atoms with Crippen LogP contribution in [0.3, 0.4) is 0 Å². The number of nitrogens with zero attached hydrogens (tertiary/aromatic N) is 1.